The number of anilines is 1. The van der Waals surface area contributed by atoms with Crippen molar-refractivity contribution in [3.63, 3.8) is 0 Å². The summed E-state index contributed by atoms with van der Waals surface area (Å²) in [6, 6.07) is 3.44. The molecular weight excluding hydrogens is 222 g/mol. The van der Waals surface area contributed by atoms with Gasteiger partial charge in [-0.15, -0.1) is 0 Å². The van der Waals surface area contributed by atoms with Gasteiger partial charge in [-0.2, -0.15) is 0 Å². The lowest BCUT2D eigenvalue weighted by atomic mass is 10.5. The van der Waals surface area contributed by atoms with E-state index < -0.39 is 0 Å². The molecule has 0 bridgehead atoms. The molecule has 1 amide bonds. The van der Waals surface area contributed by atoms with Crippen molar-refractivity contribution in [2.24, 2.45) is 0 Å². The molecule has 2 aromatic rings. The Morgan fingerprint density at radius 2 is 2.29 bits per heavy atom. The van der Waals surface area contributed by atoms with Crippen molar-refractivity contribution in [3.8, 4) is 0 Å². The van der Waals surface area contributed by atoms with E-state index in [1.807, 2.05) is 0 Å². The Morgan fingerprint density at radius 1 is 1.50 bits per heavy atom. The summed E-state index contributed by atoms with van der Waals surface area (Å²) in [4.78, 5) is 19.7. The van der Waals surface area contributed by atoms with Gasteiger partial charge in [0, 0.05) is 6.92 Å². The zero-order chi connectivity index (χ0) is 10.1. The number of thiazole rings is 1. The van der Waals surface area contributed by atoms with Crippen LogP contribution >= 0.6 is 22.9 Å². The first-order valence-electron chi connectivity index (χ1n) is 3.86. The van der Waals surface area contributed by atoms with Gasteiger partial charge in [-0.3, -0.25) is 4.79 Å². The number of carbonyl (C=O) groups is 1. The van der Waals surface area contributed by atoms with Gasteiger partial charge < -0.3 is 5.32 Å². The lowest BCUT2D eigenvalue weighted by Gasteiger charge is -1.91. The molecule has 4 nitrogen and oxygen atoms in total. The molecule has 0 saturated heterocycles. The van der Waals surface area contributed by atoms with E-state index in [0.717, 1.165) is 10.3 Å². The highest BCUT2D eigenvalue weighted by Crippen LogP contribution is 2.25. The second kappa shape index (κ2) is 3.51. The van der Waals surface area contributed by atoms with Gasteiger partial charge >= 0.3 is 0 Å². The number of nitrogens with zero attached hydrogens (tertiary/aromatic N) is 2. The summed E-state index contributed by atoms with van der Waals surface area (Å²) in [5.41, 5.74) is 0.739. The van der Waals surface area contributed by atoms with Crippen LogP contribution < -0.4 is 5.32 Å². The molecule has 0 aliphatic heterocycles. The van der Waals surface area contributed by atoms with Gasteiger partial charge in [-0.1, -0.05) is 22.9 Å². The molecule has 0 saturated carbocycles. The molecule has 6 heteroatoms. The van der Waals surface area contributed by atoms with Crippen molar-refractivity contribution >= 4 is 44.3 Å². The minimum atomic E-state index is -0.143. The Hall–Kier alpha value is -1.20. The van der Waals surface area contributed by atoms with Crippen LogP contribution in [0.3, 0.4) is 0 Å². The maximum Gasteiger partial charge on any atom is 0.223 e. The molecule has 0 aromatic carbocycles. The number of halogens is 1. The van der Waals surface area contributed by atoms with Crippen molar-refractivity contribution in [2.45, 2.75) is 6.92 Å². The van der Waals surface area contributed by atoms with Crippen LogP contribution in [0.4, 0.5) is 5.13 Å². The molecule has 0 aliphatic rings. The van der Waals surface area contributed by atoms with E-state index in [9.17, 15) is 4.79 Å². The third-order valence-electron chi connectivity index (χ3n) is 1.50. The lowest BCUT2D eigenvalue weighted by Crippen LogP contribution is -2.04. The number of amides is 1. The summed E-state index contributed by atoms with van der Waals surface area (Å²) in [7, 11) is 0. The first-order valence-corrected chi connectivity index (χ1v) is 5.05. The fourth-order valence-corrected chi connectivity index (χ4v) is 2.08. The summed E-state index contributed by atoms with van der Waals surface area (Å²) in [6.45, 7) is 1.44. The molecule has 72 valence electrons. The molecule has 14 heavy (non-hydrogen) atoms. The van der Waals surface area contributed by atoms with E-state index in [4.69, 9.17) is 11.6 Å². The molecule has 0 aliphatic carbocycles. The van der Waals surface area contributed by atoms with Crippen molar-refractivity contribution in [2.75, 3.05) is 5.32 Å². The van der Waals surface area contributed by atoms with Gasteiger partial charge in [0.2, 0.25) is 5.91 Å². The monoisotopic (exact) mass is 227 g/mol. The molecule has 0 fully saturated rings. The number of nitrogens with one attached hydrogen (secondary N) is 1. The lowest BCUT2D eigenvalue weighted by molar-refractivity contribution is -0.114. The first kappa shape index (κ1) is 9.36. The van der Waals surface area contributed by atoms with E-state index >= 15 is 0 Å². The predicted molar refractivity (Wildman–Crippen MR) is 56.7 cm³/mol. The molecule has 2 rings (SSSR count). The second-order valence-corrected chi connectivity index (χ2v) is 4.02. The predicted octanol–water partition coefficient (Wildman–Crippen LogP) is 2.30. The number of hydrogen-bond acceptors (Lipinski definition) is 4. The molecule has 0 radical (unpaired) electrons. The standard InChI is InChI=1S/C8H6ClN3OS/c1-4(13)10-8-11-5-2-3-6(9)12-7(5)14-8/h2-3H,1H3,(H,10,11,13). The third kappa shape index (κ3) is 1.83. The maximum absolute atomic E-state index is 10.8. The summed E-state index contributed by atoms with van der Waals surface area (Å²) in [6.07, 6.45) is 0. The van der Waals surface area contributed by atoms with E-state index in [1.54, 1.807) is 12.1 Å². The molecule has 2 heterocycles. The SMILES string of the molecule is CC(=O)Nc1nc2ccc(Cl)nc2s1. The normalized spacial score (nSPS) is 10.4. The van der Waals surface area contributed by atoms with Crippen molar-refractivity contribution < 1.29 is 4.79 Å². The van der Waals surface area contributed by atoms with Crippen LogP contribution in [0, 0.1) is 0 Å². The topological polar surface area (TPSA) is 54.9 Å². The van der Waals surface area contributed by atoms with Gasteiger partial charge in [-0.25, -0.2) is 9.97 Å². The largest absolute Gasteiger partial charge is 0.302 e. The molecule has 0 spiro atoms. The van der Waals surface area contributed by atoms with Crippen LogP contribution in [0.25, 0.3) is 10.3 Å². The average molecular weight is 228 g/mol. The van der Waals surface area contributed by atoms with Crippen LogP contribution in [0.15, 0.2) is 12.1 Å². The number of aromatic nitrogens is 2. The fraction of sp³-hybridized carbons (Fsp3) is 0.125. The average Bonchev–Trinajstić information content (AvgIpc) is 2.44. The van der Waals surface area contributed by atoms with Crippen LogP contribution in [-0.2, 0) is 4.79 Å². The fourth-order valence-electron chi connectivity index (χ4n) is 0.999. The molecular formula is C8H6ClN3OS. The molecule has 2 aromatic heterocycles. The van der Waals surface area contributed by atoms with Crippen molar-refractivity contribution in [1.82, 2.24) is 9.97 Å². The Balaban J connectivity index is 2.46. The summed E-state index contributed by atoms with van der Waals surface area (Å²) in [5.74, 6) is -0.143. The number of fused-ring (bicyclic) bond motifs is 1. The van der Waals surface area contributed by atoms with Gasteiger partial charge in [0.25, 0.3) is 0 Å². The third-order valence-corrected chi connectivity index (χ3v) is 2.60. The van der Waals surface area contributed by atoms with Crippen LogP contribution in [0.2, 0.25) is 5.15 Å². The highest BCUT2D eigenvalue weighted by molar-refractivity contribution is 7.21. The maximum atomic E-state index is 10.8. The molecule has 1 N–H and O–H groups in total. The summed E-state index contributed by atoms with van der Waals surface area (Å²) < 4.78 is 0. The Morgan fingerprint density at radius 3 is 3.00 bits per heavy atom. The first-order chi connectivity index (χ1) is 6.65. The highest BCUT2D eigenvalue weighted by atomic mass is 35.5. The van der Waals surface area contributed by atoms with Gasteiger partial charge in [0.1, 0.15) is 15.5 Å². The quantitative estimate of drug-likeness (QED) is 0.761. The van der Waals surface area contributed by atoms with Crippen LogP contribution in [-0.4, -0.2) is 15.9 Å². The van der Waals surface area contributed by atoms with Gasteiger partial charge in [0.05, 0.1) is 0 Å². The van der Waals surface area contributed by atoms with E-state index in [1.165, 1.54) is 18.3 Å². The summed E-state index contributed by atoms with van der Waals surface area (Å²) in [5, 5.41) is 3.57. The van der Waals surface area contributed by atoms with Gasteiger partial charge in [0.15, 0.2) is 5.13 Å². The Labute approximate surface area is 88.9 Å². The zero-order valence-corrected chi connectivity index (χ0v) is 8.82. The summed E-state index contributed by atoms with van der Waals surface area (Å²) >= 11 is 7.02. The molecule has 0 unspecified atom stereocenters. The van der Waals surface area contributed by atoms with E-state index in [-0.39, 0.29) is 5.91 Å². The number of hydrogen-bond donors (Lipinski definition) is 1. The minimum absolute atomic E-state index is 0.143. The highest BCUT2D eigenvalue weighted by Gasteiger charge is 2.05. The van der Waals surface area contributed by atoms with Crippen LogP contribution in [0.1, 0.15) is 6.92 Å². The second-order valence-electron chi connectivity index (χ2n) is 2.66. The Kier molecular flexibility index (Phi) is 2.35. The van der Waals surface area contributed by atoms with Crippen molar-refractivity contribution in [3.05, 3.63) is 17.3 Å². The Bertz CT molecular complexity index is 496. The van der Waals surface area contributed by atoms with Gasteiger partial charge in [-0.05, 0) is 12.1 Å². The van der Waals surface area contributed by atoms with Crippen LogP contribution in [0.5, 0.6) is 0 Å². The zero-order valence-electron chi connectivity index (χ0n) is 7.24. The smallest absolute Gasteiger partial charge is 0.223 e. The van der Waals surface area contributed by atoms with E-state index in [2.05, 4.69) is 15.3 Å². The number of rotatable bonds is 1. The molecule has 0 atom stereocenters. The minimum Gasteiger partial charge on any atom is -0.302 e. The van der Waals surface area contributed by atoms with E-state index in [0.29, 0.717) is 10.3 Å². The van der Waals surface area contributed by atoms with Crippen molar-refractivity contribution in [1.29, 1.82) is 0 Å². The number of pyridine rings is 1. The number of carbonyl (C=O) groups excluding carboxylic acids is 1.